The van der Waals surface area contributed by atoms with Crippen molar-refractivity contribution in [3.05, 3.63) is 47.2 Å². The standard InChI is InChI=1S/C30H44N2O4/c33-21-23-9-11-24(12-10-23)22-35-29-20-26(25-7-3-1-4-8-25)19-28(36-29)30(34)32-17-13-27(14-18-32)31-15-5-2-6-16-31/h9-12,19,25-27,29,33H,1-8,13-18,20-22H2/t26-,29+/m1/s1. The first kappa shape index (κ1) is 25.7. The number of carbonyl (C=O) groups excluding carboxylic acids is 1. The maximum absolute atomic E-state index is 13.6. The molecule has 3 aliphatic heterocycles. The van der Waals surface area contributed by atoms with Crippen LogP contribution in [0.25, 0.3) is 0 Å². The Morgan fingerprint density at radius 2 is 1.56 bits per heavy atom. The van der Waals surface area contributed by atoms with Crippen molar-refractivity contribution in [1.29, 1.82) is 0 Å². The molecule has 3 fully saturated rings. The van der Waals surface area contributed by atoms with Crippen LogP contribution in [0.4, 0.5) is 0 Å². The van der Waals surface area contributed by atoms with Gasteiger partial charge in [-0.2, -0.15) is 0 Å². The smallest absolute Gasteiger partial charge is 0.288 e. The second-order valence-corrected chi connectivity index (χ2v) is 11.3. The van der Waals surface area contributed by atoms with Crippen molar-refractivity contribution < 1.29 is 19.4 Å². The van der Waals surface area contributed by atoms with Gasteiger partial charge in [-0.25, -0.2) is 0 Å². The van der Waals surface area contributed by atoms with E-state index in [1.807, 2.05) is 29.2 Å². The third-order valence-corrected chi connectivity index (χ3v) is 8.85. The molecule has 4 aliphatic rings. The predicted octanol–water partition coefficient (Wildman–Crippen LogP) is 5.00. The van der Waals surface area contributed by atoms with E-state index in [9.17, 15) is 9.90 Å². The fraction of sp³-hybridized carbons (Fsp3) is 0.700. The molecule has 1 aromatic carbocycles. The van der Waals surface area contributed by atoms with E-state index in [1.54, 1.807) is 0 Å². The summed E-state index contributed by atoms with van der Waals surface area (Å²) in [5.41, 5.74) is 1.94. The summed E-state index contributed by atoms with van der Waals surface area (Å²) in [6.45, 7) is 4.56. The van der Waals surface area contributed by atoms with Gasteiger partial charge in [0.1, 0.15) is 0 Å². The van der Waals surface area contributed by atoms with Gasteiger partial charge in [0, 0.05) is 25.6 Å². The molecular weight excluding hydrogens is 452 g/mol. The van der Waals surface area contributed by atoms with Crippen molar-refractivity contribution in [1.82, 2.24) is 9.80 Å². The number of amides is 1. The average molecular weight is 497 g/mol. The van der Waals surface area contributed by atoms with Crippen LogP contribution in [0.5, 0.6) is 0 Å². The first-order chi connectivity index (χ1) is 17.7. The van der Waals surface area contributed by atoms with E-state index in [2.05, 4.69) is 11.0 Å². The molecule has 0 bridgehead atoms. The minimum Gasteiger partial charge on any atom is -0.459 e. The van der Waals surface area contributed by atoms with Crippen molar-refractivity contribution in [3.63, 3.8) is 0 Å². The molecule has 5 rings (SSSR count). The lowest BCUT2D eigenvalue weighted by molar-refractivity contribution is -0.161. The van der Waals surface area contributed by atoms with E-state index in [1.165, 1.54) is 64.5 Å². The summed E-state index contributed by atoms with van der Waals surface area (Å²) in [7, 11) is 0. The number of nitrogens with zero attached hydrogens (tertiary/aromatic N) is 2. The van der Waals surface area contributed by atoms with E-state index < -0.39 is 6.29 Å². The molecular formula is C30H44N2O4. The van der Waals surface area contributed by atoms with E-state index in [4.69, 9.17) is 9.47 Å². The number of aliphatic hydroxyl groups excluding tert-OH is 1. The molecule has 198 valence electrons. The van der Waals surface area contributed by atoms with Crippen molar-refractivity contribution in [2.75, 3.05) is 26.2 Å². The normalized spacial score (nSPS) is 26.9. The van der Waals surface area contributed by atoms with Gasteiger partial charge in [-0.15, -0.1) is 0 Å². The molecule has 0 spiro atoms. The first-order valence-corrected chi connectivity index (χ1v) is 14.4. The second-order valence-electron chi connectivity index (χ2n) is 11.3. The Hall–Kier alpha value is -1.89. The fourth-order valence-electron chi connectivity index (χ4n) is 6.63. The number of benzene rings is 1. The maximum Gasteiger partial charge on any atom is 0.288 e. The third-order valence-electron chi connectivity index (χ3n) is 8.85. The molecule has 1 aromatic rings. The highest BCUT2D eigenvalue weighted by molar-refractivity contribution is 5.91. The Morgan fingerprint density at radius 3 is 2.25 bits per heavy atom. The third kappa shape index (κ3) is 6.51. The van der Waals surface area contributed by atoms with Crippen LogP contribution >= 0.6 is 0 Å². The highest BCUT2D eigenvalue weighted by atomic mass is 16.7. The van der Waals surface area contributed by atoms with Gasteiger partial charge in [0.2, 0.25) is 6.29 Å². The van der Waals surface area contributed by atoms with Gasteiger partial charge in [-0.1, -0.05) is 49.9 Å². The van der Waals surface area contributed by atoms with Crippen molar-refractivity contribution in [3.8, 4) is 0 Å². The Morgan fingerprint density at radius 1 is 0.889 bits per heavy atom. The Bertz CT molecular complexity index is 865. The molecule has 6 nitrogen and oxygen atoms in total. The molecule has 1 amide bonds. The molecule has 0 aromatic heterocycles. The lowest BCUT2D eigenvalue weighted by atomic mass is 9.77. The summed E-state index contributed by atoms with van der Waals surface area (Å²) in [5.74, 6) is 1.51. The van der Waals surface area contributed by atoms with E-state index >= 15 is 0 Å². The highest BCUT2D eigenvalue weighted by Gasteiger charge is 2.36. The van der Waals surface area contributed by atoms with Crippen molar-refractivity contribution in [2.45, 2.75) is 96.2 Å². The lowest BCUT2D eigenvalue weighted by Gasteiger charge is -2.41. The summed E-state index contributed by atoms with van der Waals surface area (Å²) >= 11 is 0. The first-order valence-electron chi connectivity index (χ1n) is 14.4. The number of aliphatic hydroxyl groups is 1. The molecule has 0 radical (unpaired) electrons. The summed E-state index contributed by atoms with van der Waals surface area (Å²) in [4.78, 5) is 18.3. The fourth-order valence-corrected chi connectivity index (χ4v) is 6.63. The summed E-state index contributed by atoms with van der Waals surface area (Å²) in [6.07, 6.45) is 15.0. The van der Waals surface area contributed by atoms with Crippen LogP contribution in [0, 0.1) is 11.8 Å². The van der Waals surface area contributed by atoms with E-state index in [0.29, 0.717) is 30.2 Å². The molecule has 6 heteroatoms. The zero-order valence-electron chi connectivity index (χ0n) is 21.8. The molecule has 1 saturated carbocycles. The molecule has 1 aliphatic carbocycles. The average Bonchev–Trinajstić information content (AvgIpc) is 2.97. The number of hydrogen-bond donors (Lipinski definition) is 1. The van der Waals surface area contributed by atoms with Crippen LogP contribution in [0.15, 0.2) is 36.1 Å². The summed E-state index contributed by atoms with van der Waals surface area (Å²) in [6, 6.07) is 8.45. The zero-order chi connectivity index (χ0) is 24.7. The van der Waals surface area contributed by atoms with Gasteiger partial charge in [0.05, 0.1) is 13.2 Å². The van der Waals surface area contributed by atoms with Crippen molar-refractivity contribution in [2.24, 2.45) is 11.8 Å². The van der Waals surface area contributed by atoms with Gasteiger partial charge < -0.3 is 24.4 Å². The predicted molar refractivity (Wildman–Crippen MR) is 140 cm³/mol. The maximum atomic E-state index is 13.6. The molecule has 1 N–H and O–H groups in total. The van der Waals surface area contributed by atoms with E-state index in [-0.39, 0.29) is 12.5 Å². The number of piperidine rings is 2. The van der Waals surface area contributed by atoms with Gasteiger partial charge in [0.15, 0.2) is 5.76 Å². The van der Waals surface area contributed by atoms with Gasteiger partial charge in [0.25, 0.3) is 5.91 Å². The number of ether oxygens (including phenoxy) is 2. The Labute approximate surface area is 216 Å². The quantitative estimate of drug-likeness (QED) is 0.576. The van der Waals surface area contributed by atoms with Crippen LogP contribution in [0.1, 0.15) is 81.8 Å². The number of allylic oxidation sites excluding steroid dienone is 1. The van der Waals surface area contributed by atoms with Crippen molar-refractivity contribution >= 4 is 5.91 Å². The molecule has 36 heavy (non-hydrogen) atoms. The monoisotopic (exact) mass is 496 g/mol. The number of likely N-dealkylation sites (tertiary alicyclic amines) is 2. The topological polar surface area (TPSA) is 62.2 Å². The Kier molecular flexibility index (Phi) is 8.99. The Balaban J connectivity index is 1.21. The molecule has 3 heterocycles. The van der Waals surface area contributed by atoms with Gasteiger partial charge >= 0.3 is 0 Å². The largest absolute Gasteiger partial charge is 0.459 e. The molecule has 0 unspecified atom stereocenters. The minimum atomic E-state index is -0.399. The molecule has 2 atom stereocenters. The second kappa shape index (κ2) is 12.6. The van der Waals surface area contributed by atoms with Crippen LogP contribution in [0.3, 0.4) is 0 Å². The zero-order valence-corrected chi connectivity index (χ0v) is 21.8. The van der Waals surface area contributed by atoms with E-state index in [0.717, 1.165) is 43.5 Å². The number of rotatable bonds is 7. The van der Waals surface area contributed by atoms with Crippen LogP contribution < -0.4 is 0 Å². The number of hydrogen-bond acceptors (Lipinski definition) is 5. The van der Waals surface area contributed by atoms with Crippen LogP contribution in [-0.2, 0) is 27.5 Å². The molecule has 2 saturated heterocycles. The lowest BCUT2D eigenvalue weighted by Crippen LogP contribution is -2.49. The SMILES string of the molecule is O=C(C1=C[C@@H](C2CCCCC2)C[C@@H](OCc2ccc(CO)cc2)O1)N1CCC(N2CCCCC2)CC1. The minimum absolute atomic E-state index is 0.0431. The van der Waals surface area contributed by atoms with Crippen LogP contribution in [-0.4, -0.2) is 59.3 Å². The van der Waals surface area contributed by atoms with Gasteiger partial charge in [-0.3, -0.25) is 4.79 Å². The van der Waals surface area contributed by atoms with Crippen LogP contribution in [0.2, 0.25) is 0 Å². The van der Waals surface area contributed by atoms with Gasteiger partial charge in [-0.05, 0) is 80.7 Å². The summed E-state index contributed by atoms with van der Waals surface area (Å²) < 4.78 is 12.5. The summed E-state index contributed by atoms with van der Waals surface area (Å²) in [5, 5.41) is 9.29. The number of carbonyl (C=O) groups is 1. The highest BCUT2D eigenvalue weighted by Crippen LogP contribution is 2.38.